The van der Waals surface area contributed by atoms with Gasteiger partial charge in [-0.25, -0.2) is 15.0 Å². The van der Waals surface area contributed by atoms with E-state index in [9.17, 15) is 4.79 Å². The molecule has 2 fully saturated rings. The second-order valence-corrected chi connectivity index (χ2v) is 9.79. The van der Waals surface area contributed by atoms with Gasteiger partial charge in [0.1, 0.15) is 6.33 Å². The van der Waals surface area contributed by atoms with Crippen LogP contribution < -0.4 is 5.73 Å². The largest absolute Gasteiger partial charge is 0.381 e. The molecule has 5 aromatic rings. The number of piperidine rings is 1. The highest BCUT2D eigenvalue weighted by Crippen LogP contribution is 2.43. The van der Waals surface area contributed by atoms with E-state index in [1.54, 1.807) is 0 Å². The summed E-state index contributed by atoms with van der Waals surface area (Å²) in [6, 6.07) is 14.5. The Morgan fingerprint density at radius 2 is 1.76 bits per heavy atom. The highest BCUT2D eigenvalue weighted by molar-refractivity contribution is 5.91. The molecule has 2 aliphatic rings. The molecule has 2 aliphatic heterocycles. The minimum Gasteiger partial charge on any atom is -0.381 e. The number of carbonyl (C=O) groups is 1. The molecule has 3 N–H and O–H groups in total. The summed E-state index contributed by atoms with van der Waals surface area (Å²) < 4.78 is 2.02. The normalized spacial score (nSPS) is 21.0. The molecule has 10 heteroatoms. The van der Waals surface area contributed by atoms with Gasteiger partial charge in [-0.3, -0.25) is 19.3 Å². The summed E-state index contributed by atoms with van der Waals surface area (Å²) in [5.41, 5.74) is 11.8. The Bertz CT molecular complexity index is 1560. The van der Waals surface area contributed by atoms with Gasteiger partial charge in [0.2, 0.25) is 5.82 Å². The number of hydrogen-bond donors (Lipinski definition) is 2. The molecule has 0 saturated carbocycles. The number of pyridine rings is 1. The number of nitrogen functional groups attached to an aromatic ring is 1. The Balaban J connectivity index is 1.19. The van der Waals surface area contributed by atoms with Gasteiger partial charge in [-0.15, -0.1) is 0 Å². The van der Waals surface area contributed by atoms with Crippen LogP contribution in [-0.4, -0.2) is 57.4 Å². The lowest BCUT2D eigenvalue weighted by atomic mass is 9.88. The van der Waals surface area contributed by atoms with E-state index in [2.05, 4.69) is 37.4 Å². The summed E-state index contributed by atoms with van der Waals surface area (Å²) >= 11 is 0. The summed E-state index contributed by atoms with van der Waals surface area (Å²) in [6.45, 7) is 0. The van der Waals surface area contributed by atoms with Crippen molar-refractivity contribution >= 4 is 17.4 Å². The first-order valence-electron chi connectivity index (χ1n) is 12.5. The number of nitrogens with one attached hydrogen (secondary N) is 1. The van der Waals surface area contributed by atoms with Crippen LogP contribution in [0.5, 0.6) is 0 Å². The maximum Gasteiger partial charge on any atom is 0.291 e. The van der Waals surface area contributed by atoms with Crippen molar-refractivity contribution in [3.05, 3.63) is 78.9 Å². The van der Waals surface area contributed by atoms with Crippen LogP contribution in [0.2, 0.25) is 0 Å². The van der Waals surface area contributed by atoms with Gasteiger partial charge in [0.05, 0.1) is 23.3 Å². The maximum atomic E-state index is 13.0. The molecule has 3 atom stereocenters. The van der Waals surface area contributed by atoms with E-state index in [4.69, 9.17) is 10.7 Å². The third kappa shape index (κ3) is 3.64. The Morgan fingerprint density at radius 1 is 0.946 bits per heavy atom. The quantitative estimate of drug-likeness (QED) is 0.392. The maximum absolute atomic E-state index is 13.0. The zero-order chi connectivity index (χ0) is 24.9. The predicted molar refractivity (Wildman–Crippen MR) is 137 cm³/mol. The monoisotopic (exact) mass is 491 g/mol. The second kappa shape index (κ2) is 8.51. The lowest BCUT2D eigenvalue weighted by Crippen LogP contribution is -2.46. The number of carbonyl (C=O) groups excluding carboxylic acids is 1. The average molecular weight is 492 g/mol. The highest BCUT2D eigenvalue weighted by Gasteiger charge is 2.45. The summed E-state index contributed by atoms with van der Waals surface area (Å²) in [5, 5.41) is 6.55. The Kier molecular flexibility index (Phi) is 4.98. The molecule has 2 bridgehead atoms. The third-order valence-electron chi connectivity index (χ3n) is 7.67. The zero-order valence-electron chi connectivity index (χ0n) is 20.0. The number of aromatic amines is 1. The fourth-order valence-corrected chi connectivity index (χ4v) is 5.95. The number of nitrogens with zero attached hydrogens (tertiary/aromatic N) is 7. The van der Waals surface area contributed by atoms with Crippen molar-refractivity contribution in [3.8, 4) is 22.5 Å². The van der Waals surface area contributed by atoms with Crippen molar-refractivity contribution in [2.24, 2.45) is 0 Å². The average Bonchev–Trinajstić information content (AvgIpc) is 3.68. The second-order valence-electron chi connectivity index (χ2n) is 9.79. The van der Waals surface area contributed by atoms with Gasteiger partial charge in [-0.1, -0.05) is 30.3 Å². The molecular formula is C27H25N9O. The summed E-state index contributed by atoms with van der Waals surface area (Å²) in [5.74, 6) is 0.839. The number of rotatable bonds is 4. The van der Waals surface area contributed by atoms with E-state index in [1.165, 1.54) is 6.33 Å². The Labute approximate surface area is 212 Å². The first kappa shape index (κ1) is 21.7. The molecule has 0 spiro atoms. The number of imidazole rings is 1. The SMILES string of the molecule is Nc1nc(C2C[C@H]3CC[C@@H](C2)N3C(=O)c2ncn[nH]2)cn2c(-c3ccc(-c4ccccc4)nc3)cnc12. The Morgan fingerprint density at radius 3 is 2.46 bits per heavy atom. The van der Waals surface area contributed by atoms with Gasteiger partial charge in [-0.05, 0) is 37.8 Å². The summed E-state index contributed by atoms with van der Waals surface area (Å²) in [7, 11) is 0. The molecule has 184 valence electrons. The number of H-pyrrole nitrogens is 1. The number of hydrogen-bond acceptors (Lipinski definition) is 7. The van der Waals surface area contributed by atoms with Crippen LogP contribution in [0.4, 0.5) is 5.82 Å². The molecule has 37 heavy (non-hydrogen) atoms. The van der Waals surface area contributed by atoms with E-state index in [0.29, 0.717) is 17.3 Å². The minimum atomic E-state index is -0.0743. The van der Waals surface area contributed by atoms with Gasteiger partial charge in [0, 0.05) is 41.5 Å². The lowest BCUT2D eigenvalue weighted by Gasteiger charge is -2.38. The molecule has 7 rings (SSSR count). The van der Waals surface area contributed by atoms with E-state index in [-0.39, 0.29) is 23.9 Å². The summed E-state index contributed by atoms with van der Waals surface area (Å²) in [6.07, 6.45) is 10.8. The molecule has 4 aromatic heterocycles. The Hall–Kier alpha value is -4.60. The van der Waals surface area contributed by atoms with Crippen LogP contribution in [0.1, 0.15) is 47.9 Å². The van der Waals surface area contributed by atoms with Gasteiger partial charge < -0.3 is 10.6 Å². The van der Waals surface area contributed by atoms with Crippen molar-refractivity contribution in [1.29, 1.82) is 0 Å². The number of aromatic nitrogens is 7. The molecule has 2 saturated heterocycles. The summed E-state index contributed by atoms with van der Waals surface area (Å²) in [4.78, 5) is 33.0. The first-order valence-corrected chi connectivity index (χ1v) is 12.5. The van der Waals surface area contributed by atoms with Gasteiger partial charge in [-0.2, -0.15) is 5.10 Å². The van der Waals surface area contributed by atoms with Crippen LogP contribution >= 0.6 is 0 Å². The number of amides is 1. The first-order chi connectivity index (χ1) is 18.2. The zero-order valence-corrected chi connectivity index (χ0v) is 20.0. The fraction of sp³-hybridized carbons (Fsp3) is 0.259. The van der Waals surface area contributed by atoms with Gasteiger partial charge in [0.15, 0.2) is 11.5 Å². The third-order valence-corrected chi connectivity index (χ3v) is 7.67. The topological polar surface area (TPSA) is 131 Å². The molecule has 0 radical (unpaired) electrons. The number of anilines is 1. The van der Waals surface area contributed by atoms with Gasteiger partial charge >= 0.3 is 0 Å². The van der Waals surface area contributed by atoms with Crippen molar-refractivity contribution < 1.29 is 4.79 Å². The molecule has 0 aliphatic carbocycles. The van der Waals surface area contributed by atoms with Crippen molar-refractivity contribution in [3.63, 3.8) is 0 Å². The lowest BCUT2D eigenvalue weighted by molar-refractivity contribution is 0.0557. The van der Waals surface area contributed by atoms with Crippen LogP contribution in [0.15, 0.2) is 67.4 Å². The van der Waals surface area contributed by atoms with Crippen LogP contribution in [0.25, 0.3) is 28.2 Å². The predicted octanol–water partition coefficient (Wildman–Crippen LogP) is 3.71. The molecule has 6 heterocycles. The molecule has 1 unspecified atom stereocenters. The molecule has 10 nitrogen and oxygen atoms in total. The fourth-order valence-electron chi connectivity index (χ4n) is 5.95. The van der Waals surface area contributed by atoms with Crippen molar-refractivity contribution in [1.82, 2.24) is 39.4 Å². The smallest absolute Gasteiger partial charge is 0.291 e. The van der Waals surface area contributed by atoms with E-state index in [1.807, 2.05) is 58.1 Å². The van der Waals surface area contributed by atoms with E-state index >= 15 is 0 Å². The van der Waals surface area contributed by atoms with E-state index in [0.717, 1.165) is 53.9 Å². The van der Waals surface area contributed by atoms with Crippen molar-refractivity contribution in [2.45, 2.75) is 43.7 Å². The minimum absolute atomic E-state index is 0.0743. The number of fused-ring (bicyclic) bond motifs is 3. The standard InChI is InChI=1S/C27H25N9O/c28-24-26-30-13-23(17-6-9-21(29-12-17)16-4-2-1-3-5-16)35(26)14-22(33-24)18-10-19-7-8-20(11-18)36(19)27(37)25-31-15-32-34-25/h1-6,9,12-15,18-20H,7-8,10-11H2,(H2,28,33)(H,31,32,34)/t18?,19-,20+. The van der Waals surface area contributed by atoms with Crippen molar-refractivity contribution in [2.75, 3.05) is 5.73 Å². The number of benzene rings is 1. The van der Waals surface area contributed by atoms with E-state index < -0.39 is 0 Å². The van der Waals surface area contributed by atoms with Crippen LogP contribution in [0.3, 0.4) is 0 Å². The molecular weight excluding hydrogens is 466 g/mol. The van der Waals surface area contributed by atoms with Crippen LogP contribution in [-0.2, 0) is 0 Å². The van der Waals surface area contributed by atoms with Gasteiger partial charge in [0.25, 0.3) is 5.91 Å². The highest BCUT2D eigenvalue weighted by atomic mass is 16.2. The molecule has 1 amide bonds. The van der Waals surface area contributed by atoms with Crippen LogP contribution in [0, 0.1) is 0 Å². The molecule has 1 aromatic carbocycles. The number of nitrogens with two attached hydrogens (primary N) is 1.